The lowest BCUT2D eigenvalue weighted by molar-refractivity contribution is -0.384. The molecular weight excluding hydrogens is 270 g/mol. The quantitative estimate of drug-likeness (QED) is 0.481. The minimum Gasteiger partial charge on any atom is -0.469 e. The molecule has 2 aromatic rings. The van der Waals surface area contributed by atoms with Gasteiger partial charge in [-0.15, -0.1) is 10.2 Å². The summed E-state index contributed by atoms with van der Waals surface area (Å²) < 4.78 is 4.54. The van der Waals surface area contributed by atoms with Crippen molar-refractivity contribution in [3.63, 3.8) is 0 Å². The van der Waals surface area contributed by atoms with Crippen LogP contribution in [-0.2, 0) is 16.0 Å². The molecule has 0 radical (unpaired) electrons. The van der Waals surface area contributed by atoms with E-state index in [0.29, 0.717) is 10.0 Å². The highest BCUT2D eigenvalue weighted by atomic mass is 32.1. The number of hydrogen-bond acceptors (Lipinski definition) is 7. The number of carbonyl (C=O) groups excluding carboxylic acids is 1. The lowest BCUT2D eigenvalue weighted by Crippen LogP contribution is -2.03. The molecule has 1 aromatic carbocycles. The van der Waals surface area contributed by atoms with E-state index in [9.17, 15) is 14.9 Å². The van der Waals surface area contributed by atoms with Crippen LogP contribution in [0.1, 0.15) is 5.01 Å². The van der Waals surface area contributed by atoms with Crippen molar-refractivity contribution in [2.24, 2.45) is 0 Å². The molecule has 0 N–H and O–H groups in total. The third-order valence-electron chi connectivity index (χ3n) is 2.32. The minimum atomic E-state index is -0.466. The molecule has 1 aromatic heterocycles. The molecule has 0 aliphatic rings. The van der Waals surface area contributed by atoms with Gasteiger partial charge < -0.3 is 4.74 Å². The molecule has 0 aliphatic heterocycles. The van der Waals surface area contributed by atoms with Crippen LogP contribution in [0, 0.1) is 10.1 Å². The summed E-state index contributed by atoms with van der Waals surface area (Å²) in [6.07, 6.45) is 0.0706. The average molecular weight is 279 g/mol. The van der Waals surface area contributed by atoms with Gasteiger partial charge in [-0.3, -0.25) is 14.9 Å². The summed E-state index contributed by atoms with van der Waals surface area (Å²) >= 11 is 1.25. The zero-order valence-corrected chi connectivity index (χ0v) is 10.7. The molecule has 0 spiro atoms. The first-order valence-electron chi connectivity index (χ1n) is 5.24. The van der Waals surface area contributed by atoms with Crippen LogP contribution in [0.3, 0.4) is 0 Å². The summed E-state index contributed by atoms with van der Waals surface area (Å²) in [5.41, 5.74) is 0.738. The van der Waals surface area contributed by atoms with Gasteiger partial charge in [0.2, 0.25) is 0 Å². The number of esters is 1. The molecule has 2 rings (SSSR count). The molecule has 0 aliphatic carbocycles. The number of nitro groups is 1. The van der Waals surface area contributed by atoms with Crippen LogP contribution in [0.25, 0.3) is 10.6 Å². The normalized spacial score (nSPS) is 10.2. The molecule has 0 amide bonds. The molecular formula is C11H9N3O4S. The number of aromatic nitrogens is 2. The summed E-state index contributed by atoms with van der Waals surface area (Å²) in [6, 6.07) is 5.99. The van der Waals surface area contributed by atoms with E-state index >= 15 is 0 Å². The Morgan fingerprint density at radius 1 is 1.37 bits per heavy atom. The smallest absolute Gasteiger partial charge is 0.312 e. The van der Waals surface area contributed by atoms with E-state index in [2.05, 4.69) is 14.9 Å². The molecule has 0 saturated carbocycles. The highest BCUT2D eigenvalue weighted by Crippen LogP contribution is 2.25. The van der Waals surface area contributed by atoms with Gasteiger partial charge in [-0.25, -0.2) is 0 Å². The summed E-state index contributed by atoms with van der Waals surface area (Å²) in [7, 11) is 1.31. The van der Waals surface area contributed by atoms with Crippen LogP contribution in [0.15, 0.2) is 24.3 Å². The molecule has 0 fully saturated rings. The Morgan fingerprint density at radius 3 is 2.63 bits per heavy atom. The molecule has 8 heteroatoms. The zero-order valence-electron chi connectivity index (χ0n) is 9.90. The van der Waals surface area contributed by atoms with E-state index in [-0.39, 0.29) is 18.1 Å². The SMILES string of the molecule is COC(=O)Cc1nnc(-c2ccc([N+](=O)[O-])cc2)s1. The van der Waals surface area contributed by atoms with Gasteiger partial charge in [-0.1, -0.05) is 11.3 Å². The summed E-state index contributed by atoms with van der Waals surface area (Å²) in [4.78, 5) is 21.2. The van der Waals surface area contributed by atoms with Crippen molar-refractivity contribution in [2.75, 3.05) is 7.11 Å². The molecule has 1 heterocycles. The van der Waals surface area contributed by atoms with Gasteiger partial charge in [0.15, 0.2) is 0 Å². The van der Waals surface area contributed by atoms with Gasteiger partial charge in [0, 0.05) is 17.7 Å². The van der Waals surface area contributed by atoms with Gasteiger partial charge >= 0.3 is 5.97 Å². The van der Waals surface area contributed by atoms with Gasteiger partial charge in [-0.2, -0.15) is 0 Å². The van der Waals surface area contributed by atoms with Crippen molar-refractivity contribution in [2.45, 2.75) is 6.42 Å². The second kappa shape index (κ2) is 5.53. The Kier molecular flexibility index (Phi) is 3.81. The fraction of sp³-hybridized carbons (Fsp3) is 0.182. The fourth-order valence-corrected chi connectivity index (χ4v) is 2.19. The van der Waals surface area contributed by atoms with Crippen LogP contribution >= 0.6 is 11.3 Å². The van der Waals surface area contributed by atoms with E-state index in [1.165, 1.54) is 30.6 Å². The van der Waals surface area contributed by atoms with Gasteiger partial charge in [0.25, 0.3) is 5.69 Å². The Labute approximate surface area is 112 Å². The van der Waals surface area contributed by atoms with Crippen LogP contribution in [-0.4, -0.2) is 28.2 Å². The number of non-ortho nitro benzene ring substituents is 1. The summed E-state index contributed by atoms with van der Waals surface area (Å²) in [5, 5.41) is 19.5. The van der Waals surface area contributed by atoms with Crippen LogP contribution in [0.2, 0.25) is 0 Å². The number of methoxy groups -OCH3 is 1. The standard InChI is InChI=1S/C11H9N3O4S/c1-18-10(15)6-9-12-13-11(19-9)7-2-4-8(5-3-7)14(16)17/h2-5H,6H2,1H3. The maximum atomic E-state index is 11.1. The van der Waals surface area contributed by atoms with Crippen molar-refractivity contribution in [1.82, 2.24) is 10.2 Å². The Morgan fingerprint density at radius 2 is 2.05 bits per heavy atom. The number of benzene rings is 1. The molecule has 0 saturated heterocycles. The first-order chi connectivity index (χ1) is 9.10. The third kappa shape index (κ3) is 3.10. The molecule has 98 valence electrons. The second-order valence-electron chi connectivity index (χ2n) is 3.56. The summed E-state index contributed by atoms with van der Waals surface area (Å²) in [6.45, 7) is 0. The van der Waals surface area contributed by atoms with Crippen LogP contribution in [0.5, 0.6) is 0 Å². The Hall–Kier alpha value is -2.35. The van der Waals surface area contributed by atoms with Crippen molar-refractivity contribution in [3.8, 4) is 10.6 Å². The predicted molar refractivity (Wildman–Crippen MR) is 67.7 cm³/mol. The van der Waals surface area contributed by atoms with Crippen molar-refractivity contribution in [1.29, 1.82) is 0 Å². The van der Waals surface area contributed by atoms with E-state index in [1.54, 1.807) is 12.1 Å². The van der Waals surface area contributed by atoms with Crippen LogP contribution < -0.4 is 0 Å². The summed E-state index contributed by atoms with van der Waals surface area (Å²) in [5.74, 6) is -0.383. The van der Waals surface area contributed by atoms with E-state index in [4.69, 9.17) is 0 Å². The molecule has 0 bridgehead atoms. The van der Waals surface area contributed by atoms with Crippen molar-refractivity contribution < 1.29 is 14.5 Å². The first-order valence-corrected chi connectivity index (χ1v) is 6.06. The minimum absolute atomic E-state index is 0.0167. The second-order valence-corrected chi connectivity index (χ2v) is 4.62. The van der Waals surface area contributed by atoms with Crippen LogP contribution in [0.4, 0.5) is 5.69 Å². The number of nitrogens with zero attached hydrogens (tertiary/aromatic N) is 3. The van der Waals surface area contributed by atoms with Crippen molar-refractivity contribution in [3.05, 3.63) is 39.4 Å². The molecule has 19 heavy (non-hydrogen) atoms. The van der Waals surface area contributed by atoms with Gasteiger partial charge in [0.1, 0.15) is 10.0 Å². The Balaban J connectivity index is 2.18. The number of nitro benzene ring substituents is 1. The average Bonchev–Trinajstić information content (AvgIpc) is 2.87. The Bertz CT molecular complexity index is 609. The lowest BCUT2D eigenvalue weighted by atomic mass is 10.2. The topological polar surface area (TPSA) is 95.2 Å². The molecule has 0 atom stereocenters. The highest BCUT2D eigenvalue weighted by Gasteiger charge is 2.12. The molecule has 7 nitrogen and oxygen atoms in total. The number of rotatable bonds is 4. The van der Waals surface area contributed by atoms with E-state index in [0.717, 1.165) is 5.56 Å². The third-order valence-corrected chi connectivity index (χ3v) is 3.29. The predicted octanol–water partition coefficient (Wildman–Crippen LogP) is 1.83. The fourth-order valence-electron chi connectivity index (χ4n) is 1.36. The lowest BCUT2D eigenvalue weighted by Gasteiger charge is -1.95. The number of carbonyl (C=O) groups is 1. The largest absolute Gasteiger partial charge is 0.469 e. The zero-order chi connectivity index (χ0) is 13.8. The van der Waals surface area contributed by atoms with Gasteiger partial charge in [-0.05, 0) is 12.1 Å². The highest BCUT2D eigenvalue weighted by molar-refractivity contribution is 7.14. The monoisotopic (exact) mass is 279 g/mol. The number of ether oxygens (including phenoxy) is 1. The first kappa shape index (κ1) is 13.1. The molecule has 0 unspecified atom stereocenters. The maximum Gasteiger partial charge on any atom is 0.312 e. The maximum absolute atomic E-state index is 11.1. The van der Waals surface area contributed by atoms with Crippen molar-refractivity contribution >= 4 is 23.0 Å². The van der Waals surface area contributed by atoms with E-state index in [1.807, 2.05) is 0 Å². The van der Waals surface area contributed by atoms with Gasteiger partial charge in [0.05, 0.1) is 18.5 Å². The van der Waals surface area contributed by atoms with E-state index < -0.39 is 4.92 Å². The number of hydrogen-bond donors (Lipinski definition) is 0.